The quantitative estimate of drug-likeness (QED) is 0.740. The maximum atomic E-state index is 14.1. The summed E-state index contributed by atoms with van der Waals surface area (Å²) in [6.07, 6.45) is 12.7. The van der Waals surface area contributed by atoms with E-state index in [2.05, 4.69) is 31.5 Å². The van der Waals surface area contributed by atoms with E-state index in [1.54, 1.807) is 6.08 Å². The zero-order valence-electron chi connectivity index (χ0n) is 16.3. The highest BCUT2D eigenvalue weighted by molar-refractivity contribution is 5.76. The molecule has 29 heavy (non-hydrogen) atoms. The smallest absolute Gasteiger partial charge is 0.147 e. The monoisotopic (exact) mass is 392 g/mol. The number of rotatable bonds is 3. The number of pyridine rings is 1. The standard InChI is InChI=1S/C22H25FN6/c23-19-3-1-2-15-13-29(9-6-17(15)19)20-10-16(11-26-22(20)24)18-12-27-28-21(18)14-4-7-25-8-5-14/h1,3,10-14,25H,2,4-9H2,(H2,24,26)(H,27,28). The summed E-state index contributed by atoms with van der Waals surface area (Å²) in [6.45, 7) is 2.73. The molecule has 0 saturated carbocycles. The Morgan fingerprint density at radius 3 is 2.93 bits per heavy atom. The molecule has 7 heteroatoms. The van der Waals surface area contributed by atoms with Crippen LogP contribution >= 0.6 is 0 Å². The van der Waals surface area contributed by atoms with Gasteiger partial charge in [-0.1, -0.05) is 6.08 Å². The van der Waals surface area contributed by atoms with Gasteiger partial charge in [-0.2, -0.15) is 5.10 Å². The average molecular weight is 392 g/mol. The lowest BCUT2D eigenvalue weighted by Crippen LogP contribution is -2.27. The number of hydrogen-bond donors (Lipinski definition) is 3. The summed E-state index contributed by atoms with van der Waals surface area (Å²) in [4.78, 5) is 6.57. The molecule has 0 amide bonds. The van der Waals surface area contributed by atoms with E-state index in [0.717, 1.165) is 60.3 Å². The van der Waals surface area contributed by atoms with Crippen molar-refractivity contribution in [3.8, 4) is 11.1 Å². The fraction of sp³-hybridized carbons (Fsp3) is 0.364. The molecule has 0 radical (unpaired) electrons. The Kier molecular flexibility index (Phi) is 4.67. The third-order valence-corrected chi connectivity index (χ3v) is 6.13. The van der Waals surface area contributed by atoms with Crippen molar-refractivity contribution in [3.05, 3.63) is 59.5 Å². The molecule has 0 unspecified atom stereocenters. The summed E-state index contributed by atoms with van der Waals surface area (Å²) in [5.74, 6) is 0.834. The summed E-state index contributed by atoms with van der Waals surface area (Å²) in [7, 11) is 0. The molecule has 2 aliphatic heterocycles. The van der Waals surface area contributed by atoms with Gasteiger partial charge in [0.25, 0.3) is 0 Å². The van der Waals surface area contributed by atoms with E-state index in [0.29, 0.717) is 24.7 Å². The van der Waals surface area contributed by atoms with Crippen LogP contribution in [0.4, 0.5) is 15.9 Å². The molecule has 0 aromatic carbocycles. The number of anilines is 2. The Hall–Kier alpha value is -2.93. The largest absolute Gasteiger partial charge is 0.382 e. The maximum Gasteiger partial charge on any atom is 0.147 e. The number of nitrogens with one attached hydrogen (secondary N) is 2. The first-order valence-electron chi connectivity index (χ1n) is 10.2. The van der Waals surface area contributed by atoms with Crippen molar-refractivity contribution in [2.45, 2.75) is 31.6 Å². The molecule has 3 aliphatic rings. The second kappa shape index (κ2) is 7.48. The number of nitrogens with two attached hydrogens (primary N) is 1. The van der Waals surface area contributed by atoms with E-state index in [4.69, 9.17) is 5.73 Å². The third kappa shape index (κ3) is 3.35. The number of hydrogen-bond acceptors (Lipinski definition) is 5. The van der Waals surface area contributed by atoms with Crippen LogP contribution in [0.2, 0.25) is 0 Å². The van der Waals surface area contributed by atoms with E-state index in [1.807, 2.05) is 24.7 Å². The zero-order chi connectivity index (χ0) is 19.8. The molecule has 150 valence electrons. The first kappa shape index (κ1) is 18.1. The highest BCUT2D eigenvalue weighted by atomic mass is 19.1. The molecule has 4 N–H and O–H groups in total. The number of aromatic amines is 1. The zero-order valence-corrected chi connectivity index (χ0v) is 16.3. The van der Waals surface area contributed by atoms with Crippen LogP contribution in [-0.2, 0) is 0 Å². The number of aromatic nitrogens is 3. The minimum atomic E-state index is -0.119. The van der Waals surface area contributed by atoms with Crippen LogP contribution in [0.25, 0.3) is 11.1 Å². The van der Waals surface area contributed by atoms with Crippen molar-refractivity contribution in [2.24, 2.45) is 0 Å². The van der Waals surface area contributed by atoms with Crippen molar-refractivity contribution in [1.82, 2.24) is 20.5 Å². The molecule has 1 fully saturated rings. The minimum Gasteiger partial charge on any atom is -0.382 e. The third-order valence-electron chi connectivity index (χ3n) is 6.13. The summed E-state index contributed by atoms with van der Waals surface area (Å²) in [5.41, 5.74) is 12.2. The highest BCUT2D eigenvalue weighted by Crippen LogP contribution is 2.38. The van der Waals surface area contributed by atoms with Gasteiger partial charge in [-0.25, -0.2) is 9.37 Å². The van der Waals surface area contributed by atoms with Crippen molar-refractivity contribution < 1.29 is 4.39 Å². The molecule has 0 atom stereocenters. The first-order valence-corrected chi connectivity index (χ1v) is 10.2. The average Bonchev–Trinajstić information content (AvgIpc) is 3.25. The summed E-state index contributed by atoms with van der Waals surface area (Å²) in [5, 5.41) is 10.9. The SMILES string of the molecule is Nc1ncc(-c2cn[nH]c2C2CCNCC2)cc1N1C=C2CC=CC(F)=C2CC1. The molecule has 1 saturated heterocycles. The number of piperidine rings is 1. The van der Waals surface area contributed by atoms with Gasteiger partial charge in [0, 0.05) is 41.7 Å². The predicted molar refractivity (Wildman–Crippen MR) is 113 cm³/mol. The fourth-order valence-electron chi connectivity index (χ4n) is 4.54. The molecule has 1 aliphatic carbocycles. The molecule has 4 heterocycles. The van der Waals surface area contributed by atoms with E-state index in [9.17, 15) is 4.39 Å². The van der Waals surface area contributed by atoms with E-state index >= 15 is 0 Å². The van der Waals surface area contributed by atoms with Gasteiger partial charge in [0.15, 0.2) is 0 Å². The number of fused-ring (bicyclic) bond motifs is 1. The van der Waals surface area contributed by atoms with E-state index in [-0.39, 0.29) is 5.83 Å². The van der Waals surface area contributed by atoms with Crippen LogP contribution in [0.3, 0.4) is 0 Å². The Morgan fingerprint density at radius 2 is 2.07 bits per heavy atom. The lowest BCUT2D eigenvalue weighted by Gasteiger charge is -2.30. The van der Waals surface area contributed by atoms with Crippen LogP contribution in [0, 0.1) is 0 Å². The van der Waals surface area contributed by atoms with Gasteiger partial charge >= 0.3 is 0 Å². The van der Waals surface area contributed by atoms with Gasteiger partial charge < -0.3 is 16.0 Å². The molecular weight excluding hydrogens is 367 g/mol. The lowest BCUT2D eigenvalue weighted by atomic mass is 9.90. The number of allylic oxidation sites excluding steroid dienone is 4. The van der Waals surface area contributed by atoms with Gasteiger partial charge in [0.05, 0.1) is 11.9 Å². The van der Waals surface area contributed by atoms with Crippen molar-refractivity contribution >= 4 is 11.5 Å². The second-order valence-corrected chi connectivity index (χ2v) is 7.88. The fourth-order valence-corrected chi connectivity index (χ4v) is 4.54. The molecule has 6 nitrogen and oxygen atoms in total. The highest BCUT2D eigenvalue weighted by Gasteiger charge is 2.24. The lowest BCUT2D eigenvalue weighted by molar-refractivity contribution is 0.453. The normalized spacial score (nSPS) is 20.0. The topological polar surface area (TPSA) is 82.9 Å². The number of nitrogens with zero attached hydrogens (tertiary/aromatic N) is 3. The Balaban J connectivity index is 1.49. The van der Waals surface area contributed by atoms with Crippen LogP contribution in [-0.4, -0.2) is 34.8 Å². The first-order chi connectivity index (χ1) is 14.2. The summed E-state index contributed by atoms with van der Waals surface area (Å²) < 4.78 is 14.1. The molecular formula is C22H25FN6. The van der Waals surface area contributed by atoms with Crippen LogP contribution in [0.15, 0.2) is 53.8 Å². The van der Waals surface area contributed by atoms with Crippen molar-refractivity contribution in [2.75, 3.05) is 30.3 Å². The Bertz CT molecular complexity index is 1010. The van der Waals surface area contributed by atoms with Gasteiger partial charge in [0.1, 0.15) is 11.6 Å². The second-order valence-electron chi connectivity index (χ2n) is 7.88. The van der Waals surface area contributed by atoms with E-state index < -0.39 is 0 Å². The Morgan fingerprint density at radius 1 is 1.21 bits per heavy atom. The number of nitrogen functional groups attached to an aromatic ring is 1. The molecule has 2 aromatic heterocycles. The molecule has 0 spiro atoms. The summed E-state index contributed by atoms with van der Waals surface area (Å²) >= 11 is 0. The van der Waals surface area contributed by atoms with Crippen LogP contribution < -0.4 is 16.0 Å². The molecule has 5 rings (SSSR count). The number of H-pyrrole nitrogens is 1. The van der Waals surface area contributed by atoms with Crippen LogP contribution in [0.5, 0.6) is 0 Å². The predicted octanol–water partition coefficient (Wildman–Crippen LogP) is 3.80. The Labute approximate surface area is 169 Å². The van der Waals surface area contributed by atoms with Gasteiger partial charge in [-0.3, -0.25) is 5.10 Å². The summed E-state index contributed by atoms with van der Waals surface area (Å²) in [6, 6.07) is 2.08. The van der Waals surface area contributed by atoms with Gasteiger partial charge in [-0.05, 0) is 62.1 Å². The maximum absolute atomic E-state index is 14.1. The number of halogens is 1. The van der Waals surface area contributed by atoms with Gasteiger partial charge in [-0.15, -0.1) is 0 Å². The van der Waals surface area contributed by atoms with E-state index in [1.165, 1.54) is 5.69 Å². The van der Waals surface area contributed by atoms with Crippen LogP contribution in [0.1, 0.15) is 37.3 Å². The minimum absolute atomic E-state index is 0.119. The molecule has 2 aromatic rings. The van der Waals surface area contributed by atoms with Crippen molar-refractivity contribution in [1.29, 1.82) is 0 Å². The van der Waals surface area contributed by atoms with Crippen molar-refractivity contribution in [3.63, 3.8) is 0 Å². The van der Waals surface area contributed by atoms with Gasteiger partial charge in [0.2, 0.25) is 0 Å². The molecule has 0 bridgehead atoms.